The molecule has 0 amide bonds. The number of hydrogen-bond donors (Lipinski definition) is 2. The first-order chi connectivity index (χ1) is 6.34. The second-order valence-corrected chi connectivity index (χ2v) is 2.60. The van der Waals surface area contributed by atoms with Crippen molar-refractivity contribution >= 4 is 41.0 Å². The van der Waals surface area contributed by atoms with Crippen molar-refractivity contribution in [1.82, 2.24) is 0 Å². The Morgan fingerprint density at radius 2 is 1.93 bits per heavy atom. The zero-order chi connectivity index (χ0) is 11.3. The average molecular weight is 228 g/mol. The predicted octanol–water partition coefficient (Wildman–Crippen LogP) is -0.688. The Bertz CT molecular complexity index is 294. The largest absolute Gasteiger partial charge is 2.00 e. The van der Waals surface area contributed by atoms with E-state index >= 15 is 0 Å². The van der Waals surface area contributed by atoms with Crippen LogP contribution in [-0.4, -0.2) is 57.3 Å². The fourth-order valence-corrected chi connectivity index (χ4v) is 0.477. The number of carboxylic acid groups (broad SMARTS) is 1. The summed E-state index contributed by atoms with van der Waals surface area (Å²) in [5, 5.41) is 16.9. The molecule has 0 aromatic carbocycles. The summed E-state index contributed by atoms with van der Waals surface area (Å²) in [6.07, 6.45) is -2.63. The van der Waals surface area contributed by atoms with Gasteiger partial charge < -0.3 is 17.8 Å². The van der Waals surface area contributed by atoms with E-state index in [0.717, 1.165) is 0 Å². The molecule has 0 spiro atoms. The minimum absolute atomic E-state index is 0. The third kappa shape index (κ3) is 7.06. The Hall–Kier alpha value is -0.924. The molecule has 0 aromatic heterocycles. The van der Waals surface area contributed by atoms with E-state index in [2.05, 4.69) is 11.3 Å². The van der Waals surface area contributed by atoms with E-state index < -0.39 is 30.4 Å². The molecule has 2 N–H and O–H groups in total. The van der Waals surface area contributed by atoms with Crippen molar-refractivity contribution in [2.75, 3.05) is 0 Å². The van der Waals surface area contributed by atoms with Gasteiger partial charge in [0.1, 0.15) is 0 Å². The van der Waals surface area contributed by atoms with Crippen LogP contribution >= 0.6 is 0 Å². The predicted molar refractivity (Wildman–Crippen MR) is 52.2 cm³/mol. The maximum absolute atomic E-state index is 10.8. The minimum Gasteiger partial charge on any atom is -1.00 e. The first-order valence-corrected chi connectivity index (χ1v) is 3.66. The first-order valence-electron chi connectivity index (χ1n) is 3.66. The van der Waals surface area contributed by atoms with Crippen molar-refractivity contribution in [2.24, 2.45) is 0 Å². The Morgan fingerprint density at radius 1 is 1.47 bits per heavy atom. The van der Waals surface area contributed by atoms with Crippen LogP contribution in [0.2, 0.25) is 0 Å². The standard InChI is InChI=1S/C8H10O6.Mg.2H/c1-4(2)8(13)14-6(10)3-5(9)7(11)12;;;/h5,9H,1,3H2,2H3,(H,11,12);;;/q;+2;2*-1. The summed E-state index contributed by atoms with van der Waals surface area (Å²) < 4.78 is 4.13. The van der Waals surface area contributed by atoms with Crippen molar-refractivity contribution in [3.8, 4) is 0 Å². The van der Waals surface area contributed by atoms with Crippen molar-refractivity contribution < 1.29 is 32.2 Å². The van der Waals surface area contributed by atoms with Crippen LogP contribution in [0.3, 0.4) is 0 Å². The molecule has 0 aromatic rings. The van der Waals surface area contributed by atoms with Crippen LogP contribution in [0.15, 0.2) is 12.2 Å². The molecule has 0 fully saturated rings. The maximum Gasteiger partial charge on any atom is 2.00 e. The number of carboxylic acids is 1. The topological polar surface area (TPSA) is 101 Å². The molecule has 15 heavy (non-hydrogen) atoms. The van der Waals surface area contributed by atoms with Crippen LogP contribution in [0.5, 0.6) is 0 Å². The van der Waals surface area contributed by atoms with Gasteiger partial charge in [0.25, 0.3) is 0 Å². The summed E-state index contributed by atoms with van der Waals surface area (Å²) >= 11 is 0. The maximum atomic E-state index is 10.8. The minimum atomic E-state index is -1.86. The molecule has 0 saturated carbocycles. The third-order valence-electron chi connectivity index (χ3n) is 1.20. The van der Waals surface area contributed by atoms with E-state index in [-0.39, 0.29) is 31.5 Å². The summed E-state index contributed by atoms with van der Waals surface area (Å²) in [7, 11) is 0. The van der Waals surface area contributed by atoms with E-state index in [1.54, 1.807) is 0 Å². The normalized spacial score (nSPS) is 10.8. The first kappa shape index (κ1) is 16.5. The monoisotopic (exact) mass is 228 g/mol. The van der Waals surface area contributed by atoms with E-state index in [9.17, 15) is 14.4 Å². The SMILES string of the molecule is C=C(C)C(=O)OC(=O)CC(O)C(=O)O.[H-].[H-].[Mg+2]. The number of aliphatic carboxylic acids is 1. The average Bonchev–Trinajstić information content (AvgIpc) is 2.03. The van der Waals surface area contributed by atoms with E-state index in [1.165, 1.54) is 6.92 Å². The van der Waals surface area contributed by atoms with Crippen molar-refractivity contribution in [1.29, 1.82) is 0 Å². The Morgan fingerprint density at radius 3 is 2.27 bits per heavy atom. The number of esters is 2. The number of carbonyl (C=O) groups is 3. The van der Waals surface area contributed by atoms with Gasteiger partial charge in [-0.1, -0.05) is 6.58 Å². The number of hydrogen-bond acceptors (Lipinski definition) is 5. The molecular weight excluding hydrogens is 216 g/mol. The van der Waals surface area contributed by atoms with Crippen LogP contribution in [-0.2, 0) is 19.1 Å². The second kappa shape index (κ2) is 7.38. The van der Waals surface area contributed by atoms with Gasteiger partial charge in [-0.25, -0.2) is 9.59 Å². The number of aliphatic hydroxyl groups is 1. The zero-order valence-corrected chi connectivity index (χ0v) is 9.64. The van der Waals surface area contributed by atoms with E-state index in [4.69, 9.17) is 10.2 Å². The molecule has 0 aliphatic rings. The molecule has 0 radical (unpaired) electrons. The fraction of sp³-hybridized carbons (Fsp3) is 0.375. The van der Waals surface area contributed by atoms with E-state index in [0.29, 0.717) is 0 Å². The molecule has 82 valence electrons. The quantitative estimate of drug-likeness (QED) is 0.286. The summed E-state index contributed by atoms with van der Waals surface area (Å²) in [4.78, 5) is 31.6. The van der Waals surface area contributed by atoms with Gasteiger partial charge in [-0.2, -0.15) is 0 Å². The number of ether oxygens (including phenoxy) is 1. The van der Waals surface area contributed by atoms with Gasteiger partial charge in [-0.05, 0) is 6.92 Å². The van der Waals surface area contributed by atoms with Crippen LogP contribution in [0, 0.1) is 0 Å². The van der Waals surface area contributed by atoms with Gasteiger partial charge in [-0.3, -0.25) is 4.79 Å². The van der Waals surface area contributed by atoms with Crippen LogP contribution < -0.4 is 0 Å². The summed E-state index contributed by atoms with van der Waals surface area (Å²) in [6.45, 7) is 4.55. The van der Waals surface area contributed by atoms with Crippen LogP contribution in [0.4, 0.5) is 0 Å². The molecule has 0 heterocycles. The molecule has 6 nitrogen and oxygen atoms in total. The van der Waals surface area contributed by atoms with Gasteiger partial charge in [0, 0.05) is 5.57 Å². The van der Waals surface area contributed by atoms with Gasteiger partial charge in [-0.15, -0.1) is 0 Å². The molecule has 0 saturated heterocycles. The second-order valence-electron chi connectivity index (χ2n) is 2.60. The van der Waals surface area contributed by atoms with Crippen molar-refractivity contribution in [3.63, 3.8) is 0 Å². The molecule has 1 atom stereocenters. The Balaban J connectivity index is -0.000000282. The van der Waals surface area contributed by atoms with Crippen LogP contribution in [0.25, 0.3) is 0 Å². The molecular formula is C8H12MgO6. The van der Waals surface area contributed by atoms with Gasteiger partial charge >= 0.3 is 41.0 Å². The summed E-state index contributed by atoms with van der Waals surface area (Å²) in [5.41, 5.74) is 0.0168. The van der Waals surface area contributed by atoms with Gasteiger partial charge in [0.2, 0.25) is 0 Å². The Kier molecular flexibility index (Phi) is 8.12. The molecule has 0 rings (SSSR count). The summed E-state index contributed by atoms with van der Waals surface area (Å²) in [5.74, 6) is -3.59. The summed E-state index contributed by atoms with van der Waals surface area (Å²) in [6, 6.07) is 0. The van der Waals surface area contributed by atoms with Gasteiger partial charge in [0.15, 0.2) is 6.10 Å². The number of rotatable bonds is 4. The molecule has 0 aliphatic heterocycles. The number of carbonyl (C=O) groups excluding carboxylic acids is 2. The van der Waals surface area contributed by atoms with Crippen molar-refractivity contribution in [2.45, 2.75) is 19.4 Å². The zero-order valence-electron chi connectivity index (χ0n) is 10.2. The fourth-order valence-electron chi connectivity index (χ4n) is 0.477. The Labute approximate surface area is 105 Å². The molecule has 0 bridgehead atoms. The molecule has 0 aliphatic carbocycles. The number of aliphatic hydroxyl groups excluding tert-OH is 1. The smallest absolute Gasteiger partial charge is 1.00 e. The van der Waals surface area contributed by atoms with Gasteiger partial charge in [0.05, 0.1) is 6.42 Å². The molecule has 1 unspecified atom stereocenters. The van der Waals surface area contributed by atoms with Crippen LogP contribution in [0.1, 0.15) is 16.2 Å². The van der Waals surface area contributed by atoms with Crippen molar-refractivity contribution in [3.05, 3.63) is 12.2 Å². The molecule has 7 heteroatoms. The third-order valence-corrected chi connectivity index (χ3v) is 1.20. The van der Waals surface area contributed by atoms with E-state index in [1.807, 2.05) is 0 Å².